The number of carbonyl (C=O) groups excluding carboxylic acids is 1. The van der Waals surface area contributed by atoms with Gasteiger partial charge >= 0.3 is 0 Å². The molecule has 0 unspecified atom stereocenters. The Hall–Kier alpha value is -2.05. The Balaban J connectivity index is 1.75. The molecule has 23 heavy (non-hydrogen) atoms. The molecule has 0 radical (unpaired) electrons. The van der Waals surface area contributed by atoms with Gasteiger partial charge in [0.2, 0.25) is 5.91 Å². The molecule has 0 aromatic heterocycles. The lowest BCUT2D eigenvalue weighted by molar-refractivity contribution is -0.118. The van der Waals surface area contributed by atoms with Gasteiger partial charge in [0.05, 0.1) is 0 Å². The lowest BCUT2D eigenvalue weighted by Crippen LogP contribution is -2.34. The molecule has 0 aliphatic heterocycles. The first kappa shape index (κ1) is 17.3. The van der Waals surface area contributed by atoms with E-state index >= 15 is 0 Å². The number of nitrogens with zero attached hydrogens (tertiary/aromatic N) is 1. The van der Waals surface area contributed by atoms with Gasteiger partial charge in [0.25, 0.3) is 0 Å². The second-order valence-electron chi connectivity index (χ2n) is 6.02. The normalized spacial score (nSPS) is 15.0. The van der Waals surface area contributed by atoms with E-state index in [1.54, 1.807) is 11.0 Å². The number of aliphatic hydroxyl groups is 1. The maximum atomic E-state index is 12.4. The van der Waals surface area contributed by atoms with E-state index in [0.717, 1.165) is 44.2 Å². The van der Waals surface area contributed by atoms with Gasteiger partial charge in [-0.2, -0.15) is 0 Å². The number of unbranched alkanes of at least 4 members (excludes halogenated alkanes) is 2. The lowest BCUT2D eigenvalue weighted by Gasteiger charge is -2.30. The van der Waals surface area contributed by atoms with Crippen molar-refractivity contribution in [1.29, 1.82) is 0 Å². The number of rotatable bonds is 7. The van der Waals surface area contributed by atoms with Gasteiger partial charge < -0.3 is 10.0 Å². The maximum Gasteiger partial charge on any atom is 0.227 e. The molecule has 0 spiro atoms. The minimum Gasteiger partial charge on any atom is -0.378 e. The summed E-state index contributed by atoms with van der Waals surface area (Å²) < 4.78 is 0. The van der Waals surface area contributed by atoms with Crippen LogP contribution in [-0.4, -0.2) is 23.2 Å². The zero-order valence-corrected chi connectivity index (χ0v) is 13.6. The minimum absolute atomic E-state index is 0.113. The van der Waals surface area contributed by atoms with E-state index in [-0.39, 0.29) is 5.91 Å². The third kappa shape index (κ3) is 5.26. The molecule has 0 saturated heterocycles. The fraction of sp³-hybridized carbons (Fsp3) is 0.450. The molecule has 1 aliphatic carbocycles. The quantitative estimate of drug-likeness (QED) is 0.474. The third-order valence-corrected chi connectivity index (χ3v) is 4.12. The van der Waals surface area contributed by atoms with Crippen LogP contribution in [-0.2, 0) is 4.79 Å². The molecule has 122 valence electrons. The van der Waals surface area contributed by atoms with Crippen molar-refractivity contribution in [2.24, 2.45) is 0 Å². The van der Waals surface area contributed by atoms with Crippen molar-refractivity contribution in [3.63, 3.8) is 0 Å². The van der Waals surface area contributed by atoms with Crippen LogP contribution in [0.4, 0.5) is 5.69 Å². The molecule has 1 aliphatic rings. The average Bonchev–Trinajstić information content (AvgIpc) is 2.54. The van der Waals surface area contributed by atoms with Gasteiger partial charge in [0, 0.05) is 25.1 Å². The molecular weight excluding hydrogens is 286 g/mol. The lowest BCUT2D eigenvalue weighted by atomic mass is 9.81. The van der Waals surface area contributed by atoms with Crippen LogP contribution in [0.5, 0.6) is 0 Å². The van der Waals surface area contributed by atoms with Crippen molar-refractivity contribution in [3.05, 3.63) is 43.0 Å². The predicted octanol–water partition coefficient (Wildman–Crippen LogP) is 3.68. The minimum atomic E-state index is -0.718. The standard InChI is InChI=1S/C20H25NO2/c1-2-17-21(18-11-6-5-7-12-18)19(22)13-8-3-4-9-14-20(23)15-10-16-20/h2,5-7,11-12,23H,1,3-4,8,10,13,15-17H2. The summed E-state index contributed by atoms with van der Waals surface area (Å²) in [5, 5.41) is 9.87. The second-order valence-corrected chi connectivity index (χ2v) is 6.02. The van der Waals surface area contributed by atoms with Crippen LogP contribution < -0.4 is 4.90 Å². The van der Waals surface area contributed by atoms with Crippen LogP contribution in [0.3, 0.4) is 0 Å². The van der Waals surface area contributed by atoms with Crippen molar-refractivity contribution in [3.8, 4) is 11.8 Å². The van der Waals surface area contributed by atoms with Crippen molar-refractivity contribution < 1.29 is 9.90 Å². The van der Waals surface area contributed by atoms with E-state index in [1.165, 1.54) is 0 Å². The Labute approximate surface area is 139 Å². The summed E-state index contributed by atoms with van der Waals surface area (Å²) in [4.78, 5) is 14.1. The summed E-state index contributed by atoms with van der Waals surface area (Å²) in [6, 6.07) is 9.67. The molecule has 1 N–H and O–H groups in total. The number of anilines is 1. The average molecular weight is 311 g/mol. The van der Waals surface area contributed by atoms with E-state index in [1.807, 2.05) is 30.3 Å². The van der Waals surface area contributed by atoms with Gasteiger partial charge in [-0.3, -0.25) is 4.79 Å². The molecule has 0 bridgehead atoms. The molecule has 2 rings (SSSR count). The highest BCUT2D eigenvalue weighted by Gasteiger charge is 2.31. The van der Waals surface area contributed by atoms with Gasteiger partial charge in [0.15, 0.2) is 0 Å². The molecule has 1 aromatic carbocycles. The Morgan fingerprint density at radius 2 is 2.04 bits per heavy atom. The molecule has 3 nitrogen and oxygen atoms in total. The van der Waals surface area contributed by atoms with Crippen LogP contribution in [0, 0.1) is 11.8 Å². The number of carbonyl (C=O) groups is 1. The molecular formula is C20H25NO2. The summed E-state index contributed by atoms with van der Waals surface area (Å²) in [6.45, 7) is 4.25. The van der Waals surface area contributed by atoms with E-state index in [0.29, 0.717) is 13.0 Å². The molecule has 0 heterocycles. The van der Waals surface area contributed by atoms with Gasteiger partial charge in [0.1, 0.15) is 5.60 Å². The first-order valence-electron chi connectivity index (χ1n) is 8.33. The second kappa shape index (κ2) is 8.55. The molecule has 1 saturated carbocycles. The first-order valence-corrected chi connectivity index (χ1v) is 8.33. The van der Waals surface area contributed by atoms with Crippen molar-refractivity contribution in [1.82, 2.24) is 0 Å². The Morgan fingerprint density at radius 3 is 2.65 bits per heavy atom. The summed E-state index contributed by atoms with van der Waals surface area (Å²) in [6.07, 6.45) is 7.35. The molecule has 1 aromatic rings. The van der Waals surface area contributed by atoms with E-state index in [2.05, 4.69) is 18.4 Å². The van der Waals surface area contributed by atoms with Crippen molar-refractivity contribution in [2.45, 2.75) is 50.5 Å². The fourth-order valence-electron chi connectivity index (χ4n) is 2.58. The first-order chi connectivity index (χ1) is 11.1. The van der Waals surface area contributed by atoms with Gasteiger partial charge in [-0.1, -0.05) is 30.2 Å². The summed E-state index contributed by atoms with van der Waals surface area (Å²) in [7, 11) is 0. The SMILES string of the molecule is C=CCN(C(=O)CCCCC#CC1(O)CCC1)c1ccccc1. The molecule has 0 atom stereocenters. The van der Waals surface area contributed by atoms with E-state index in [4.69, 9.17) is 0 Å². The summed E-state index contributed by atoms with van der Waals surface area (Å²) >= 11 is 0. The number of para-hydroxylation sites is 1. The van der Waals surface area contributed by atoms with E-state index < -0.39 is 5.60 Å². The summed E-state index contributed by atoms with van der Waals surface area (Å²) in [5.74, 6) is 6.11. The van der Waals surface area contributed by atoms with Crippen LogP contribution in [0.2, 0.25) is 0 Å². The van der Waals surface area contributed by atoms with Crippen molar-refractivity contribution in [2.75, 3.05) is 11.4 Å². The number of benzene rings is 1. The highest BCUT2D eigenvalue weighted by molar-refractivity contribution is 5.93. The van der Waals surface area contributed by atoms with Crippen LogP contribution in [0.25, 0.3) is 0 Å². The molecule has 1 amide bonds. The number of hydrogen-bond donors (Lipinski definition) is 1. The molecule has 1 fully saturated rings. The highest BCUT2D eigenvalue weighted by atomic mass is 16.3. The van der Waals surface area contributed by atoms with Crippen LogP contribution in [0.1, 0.15) is 44.9 Å². The topological polar surface area (TPSA) is 40.5 Å². The number of hydrogen-bond acceptors (Lipinski definition) is 2. The monoisotopic (exact) mass is 311 g/mol. The van der Waals surface area contributed by atoms with Gasteiger partial charge in [-0.15, -0.1) is 12.5 Å². The largest absolute Gasteiger partial charge is 0.378 e. The fourth-order valence-corrected chi connectivity index (χ4v) is 2.58. The third-order valence-electron chi connectivity index (χ3n) is 4.12. The Bertz CT molecular complexity index is 579. The summed E-state index contributed by atoms with van der Waals surface area (Å²) in [5.41, 5.74) is 0.188. The van der Waals surface area contributed by atoms with Gasteiger partial charge in [-0.05, 0) is 44.2 Å². The zero-order valence-electron chi connectivity index (χ0n) is 13.6. The highest BCUT2D eigenvalue weighted by Crippen LogP contribution is 2.30. The van der Waals surface area contributed by atoms with Crippen LogP contribution >= 0.6 is 0 Å². The predicted molar refractivity (Wildman–Crippen MR) is 94.0 cm³/mol. The Kier molecular flexibility index (Phi) is 6.43. The number of amides is 1. The van der Waals surface area contributed by atoms with Crippen LogP contribution in [0.15, 0.2) is 43.0 Å². The zero-order chi connectivity index (χ0) is 16.5. The maximum absolute atomic E-state index is 12.4. The molecule has 3 heteroatoms. The van der Waals surface area contributed by atoms with E-state index in [9.17, 15) is 9.90 Å². The Morgan fingerprint density at radius 1 is 1.30 bits per heavy atom. The van der Waals surface area contributed by atoms with Crippen molar-refractivity contribution >= 4 is 11.6 Å². The smallest absolute Gasteiger partial charge is 0.227 e. The van der Waals surface area contributed by atoms with Gasteiger partial charge in [-0.25, -0.2) is 0 Å².